The highest BCUT2D eigenvalue weighted by Gasteiger charge is 2.32. The fraction of sp³-hybridized carbons (Fsp3) is 0.389. The highest BCUT2D eigenvalue weighted by molar-refractivity contribution is 8.26. The molecule has 1 aromatic rings. The lowest BCUT2D eigenvalue weighted by molar-refractivity contribution is -0.858. The molecule has 0 atom stereocenters. The van der Waals surface area contributed by atoms with Crippen LogP contribution >= 0.6 is 24.0 Å². The minimum absolute atomic E-state index is 0.118. The first kappa shape index (κ1) is 19.7. The Hall–Kier alpha value is -2.10. The maximum absolute atomic E-state index is 12.6. The summed E-state index contributed by atoms with van der Waals surface area (Å²) in [5, 5.41) is 0. The number of thioether (sulfide) groups is 1. The first-order valence-electron chi connectivity index (χ1n) is 8.53. The van der Waals surface area contributed by atoms with Crippen LogP contribution in [-0.4, -0.2) is 61.7 Å². The van der Waals surface area contributed by atoms with Gasteiger partial charge in [-0.3, -0.25) is 14.5 Å². The van der Waals surface area contributed by atoms with E-state index in [1.54, 1.807) is 12.1 Å². The van der Waals surface area contributed by atoms with Crippen LogP contribution in [0.1, 0.15) is 12.0 Å². The first-order valence-corrected chi connectivity index (χ1v) is 9.76. The second-order valence-electron chi connectivity index (χ2n) is 6.37. The molecule has 1 saturated heterocycles. The molecule has 1 amide bonds. The van der Waals surface area contributed by atoms with E-state index in [4.69, 9.17) is 26.4 Å². The number of benzene rings is 1. The van der Waals surface area contributed by atoms with Gasteiger partial charge in [0.05, 0.1) is 25.4 Å². The van der Waals surface area contributed by atoms with Gasteiger partial charge in [0.25, 0.3) is 5.91 Å². The lowest BCUT2D eigenvalue weighted by Crippen LogP contribution is -3.06. The van der Waals surface area contributed by atoms with Gasteiger partial charge >= 0.3 is 5.97 Å². The fourth-order valence-electron chi connectivity index (χ4n) is 2.49. The zero-order chi connectivity index (χ0) is 19.4. The number of esters is 1. The number of ether oxygens (including phenoxy) is 3. The lowest BCUT2D eigenvalue weighted by atomic mass is 10.2. The Morgan fingerprint density at radius 2 is 2.15 bits per heavy atom. The van der Waals surface area contributed by atoms with Gasteiger partial charge in [-0.15, -0.1) is 0 Å². The number of hydrogen-bond donors (Lipinski definition) is 1. The number of carbonyl (C=O) groups is 2. The molecule has 0 aliphatic carbocycles. The molecule has 2 aliphatic heterocycles. The number of rotatable bonds is 7. The molecule has 0 saturated carbocycles. The Kier molecular flexibility index (Phi) is 6.35. The van der Waals surface area contributed by atoms with Gasteiger partial charge in [-0.05, 0) is 23.8 Å². The van der Waals surface area contributed by atoms with E-state index in [2.05, 4.69) is 0 Å². The van der Waals surface area contributed by atoms with E-state index in [0.717, 1.165) is 12.1 Å². The average Bonchev–Trinajstić information content (AvgIpc) is 3.18. The van der Waals surface area contributed by atoms with Gasteiger partial charge in [0.2, 0.25) is 6.79 Å². The third-order valence-corrected chi connectivity index (χ3v) is 5.35. The van der Waals surface area contributed by atoms with E-state index < -0.39 is 0 Å². The van der Waals surface area contributed by atoms with Gasteiger partial charge in [0, 0.05) is 6.54 Å². The van der Waals surface area contributed by atoms with E-state index in [9.17, 15) is 9.59 Å². The Balaban J connectivity index is 1.57. The summed E-state index contributed by atoms with van der Waals surface area (Å²) in [5.41, 5.74) is 0.824. The Bertz CT molecular complexity index is 794. The van der Waals surface area contributed by atoms with Gasteiger partial charge in [-0.25, -0.2) is 0 Å². The van der Waals surface area contributed by atoms with Crippen LogP contribution in [0.25, 0.3) is 6.08 Å². The number of thiocarbonyl (C=S) groups is 1. The second kappa shape index (κ2) is 8.73. The van der Waals surface area contributed by atoms with Crippen molar-refractivity contribution in [1.29, 1.82) is 0 Å². The molecule has 3 rings (SSSR count). The summed E-state index contributed by atoms with van der Waals surface area (Å²) in [5.74, 6) is 0.814. The lowest BCUT2D eigenvalue weighted by Gasteiger charge is -2.14. The van der Waals surface area contributed by atoms with E-state index in [1.165, 1.54) is 21.6 Å². The van der Waals surface area contributed by atoms with Crippen LogP contribution in [-0.2, 0) is 14.3 Å². The molecular weight excluding hydrogens is 388 g/mol. The van der Waals surface area contributed by atoms with Crippen molar-refractivity contribution in [2.24, 2.45) is 0 Å². The van der Waals surface area contributed by atoms with Crippen LogP contribution in [0.15, 0.2) is 23.1 Å². The molecule has 0 spiro atoms. The number of nitrogens with zero attached hydrogens (tertiary/aromatic N) is 1. The summed E-state index contributed by atoms with van der Waals surface area (Å²) in [7, 11) is 3.97. The standard InChI is InChI=1S/C18H20N2O5S2/c1-19(2)7-8-23-16(21)5-6-20-17(22)15(27-18(20)26)10-12-3-4-13-14(9-12)25-11-24-13/h3-4,9-10H,5-8,11H2,1-2H3/p+1/b15-10-. The minimum atomic E-state index is -0.329. The van der Waals surface area contributed by atoms with Crippen molar-refractivity contribution in [3.05, 3.63) is 28.7 Å². The molecule has 0 unspecified atom stereocenters. The molecule has 7 nitrogen and oxygen atoms in total. The van der Waals surface area contributed by atoms with Crippen LogP contribution in [0, 0.1) is 0 Å². The van der Waals surface area contributed by atoms with Crippen molar-refractivity contribution >= 4 is 46.3 Å². The second-order valence-corrected chi connectivity index (χ2v) is 8.05. The molecule has 1 N–H and O–H groups in total. The fourth-order valence-corrected chi connectivity index (χ4v) is 3.80. The molecule has 9 heteroatoms. The van der Waals surface area contributed by atoms with E-state index in [1.807, 2.05) is 26.2 Å². The molecule has 0 aromatic heterocycles. The van der Waals surface area contributed by atoms with Crippen LogP contribution in [0.3, 0.4) is 0 Å². The third kappa shape index (κ3) is 5.00. The van der Waals surface area contributed by atoms with Gasteiger partial charge in [-0.1, -0.05) is 30.0 Å². The van der Waals surface area contributed by atoms with Crippen molar-refractivity contribution in [2.45, 2.75) is 6.42 Å². The van der Waals surface area contributed by atoms with Crippen LogP contribution in [0.5, 0.6) is 11.5 Å². The van der Waals surface area contributed by atoms with Gasteiger partial charge in [-0.2, -0.15) is 0 Å². The molecule has 2 aliphatic rings. The number of nitrogens with one attached hydrogen (secondary N) is 1. The Morgan fingerprint density at radius 3 is 2.93 bits per heavy atom. The average molecular weight is 410 g/mol. The molecular formula is C18H21N2O5S2+. The molecule has 2 heterocycles. The summed E-state index contributed by atoms with van der Waals surface area (Å²) in [4.78, 5) is 27.6. The largest absolute Gasteiger partial charge is 0.460 e. The number of likely N-dealkylation sites (N-methyl/N-ethyl adjacent to an activating group) is 1. The number of amides is 1. The van der Waals surface area contributed by atoms with E-state index in [0.29, 0.717) is 27.3 Å². The van der Waals surface area contributed by atoms with Crippen LogP contribution in [0.2, 0.25) is 0 Å². The minimum Gasteiger partial charge on any atom is -0.460 e. The van der Waals surface area contributed by atoms with Crippen molar-refractivity contribution in [3.8, 4) is 11.5 Å². The summed E-state index contributed by atoms with van der Waals surface area (Å²) < 4.78 is 16.2. The SMILES string of the molecule is C[NH+](C)CCOC(=O)CCN1C(=O)/C(=C/c2ccc3c(c2)OCO3)SC1=S. The van der Waals surface area contributed by atoms with Gasteiger partial charge in [0.1, 0.15) is 17.5 Å². The third-order valence-electron chi connectivity index (χ3n) is 3.97. The van der Waals surface area contributed by atoms with Crippen molar-refractivity contribution in [3.63, 3.8) is 0 Å². The van der Waals surface area contributed by atoms with Gasteiger partial charge in [0.15, 0.2) is 11.5 Å². The normalized spacial score (nSPS) is 17.3. The van der Waals surface area contributed by atoms with Crippen molar-refractivity contribution in [2.75, 3.05) is 40.6 Å². The van der Waals surface area contributed by atoms with Crippen LogP contribution < -0.4 is 14.4 Å². The maximum atomic E-state index is 12.6. The van der Waals surface area contributed by atoms with E-state index in [-0.39, 0.29) is 31.6 Å². The zero-order valence-corrected chi connectivity index (χ0v) is 16.8. The number of hydrogen-bond acceptors (Lipinski definition) is 7. The summed E-state index contributed by atoms with van der Waals surface area (Å²) in [6.45, 7) is 1.53. The molecule has 144 valence electrons. The number of carbonyl (C=O) groups excluding carboxylic acids is 2. The maximum Gasteiger partial charge on any atom is 0.307 e. The molecule has 0 bridgehead atoms. The number of quaternary nitrogens is 1. The molecule has 1 fully saturated rings. The molecule has 0 radical (unpaired) electrons. The predicted molar refractivity (Wildman–Crippen MR) is 106 cm³/mol. The summed E-state index contributed by atoms with van der Waals surface area (Å²) in [6.07, 6.45) is 1.88. The summed E-state index contributed by atoms with van der Waals surface area (Å²) in [6, 6.07) is 5.48. The predicted octanol–water partition coefficient (Wildman–Crippen LogP) is 0.694. The first-order chi connectivity index (χ1) is 12.9. The van der Waals surface area contributed by atoms with Crippen molar-refractivity contribution < 1.29 is 28.7 Å². The summed E-state index contributed by atoms with van der Waals surface area (Å²) >= 11 is 6.52. The molecule has 27 heavy (non-hydrogen) atoms. The topological polar surface area (TPSA) is 69.5 Å². The Labute approximate surface area is 167 Å². The van der Waals surface area contributed by atoms with Crippen LogP contribution in [0.4, 0.5) is 0 Å². The Morgan fingerprint density at radius 1 is 1.37 bits per heavy atom. The monoisotopic (exact) mass is 409 g/mol. The number of fused-ring (bicyclic) bond motifs is 1. The highest BCUT2D eigenvalue weighted by atomic mass is 32.2. The highest BCUT2D eigenvalue weighted by Crippen LogP contribution is 2.36. The smallest absolute Gasteiger partial charge is 0.307 e. The zero-order valence-electron chi connectivity index (χ0n) is 15.1. The quantitative estimate of drug-likeness (QED) is 0.404. The van der Waals surface area contributed by atoms with Crippen molar-refractivity contribution in [1.82, 2.24) is 4.90 Å². The van der Waals surface area contributed by atoms with E-state index >= 15 is 0 Å². The molecule has 1 aromatic carbocycles. The van der Waals surface area contributed by atoms with Gasteiger partial charge < -0.3 is 19.1 Å².